The van der Waals surface area contributed by atoms with Gasteiger partial charge in [-0.3, -0.25) is 9.78 Å². The van der Waals surface area contributed by atoms with Crippen molar-refractivity contribution in [3.8, 4) is 0 Å². The zero-order valence-corrected chi connectivity index (χ0v) is 17.5. The van der Waals surface area contributed by atoms with Gasteiger partial charge in [0.05, 0.1) is 24.3 Å². The minimum atomic E-state index is -4.39. The van der Waals surface area contributed by atoms with Gasteiger partial charge in [-0.15, -0.1) is 11.8 Å². The van der Waals surface area contributed by atoms with Gasteiger partial charge in [-0.2, -0.15) is 13.2 Å². The minimum absolute atomic E-state index is 0.0124. The summed E-state index contributed by atoms with van der Waals surface area (Å²) in [6.07, 6.45) is -2.12. The summed E-state index contributed by atoms with van der Waals surface area (Å²) in [5.74, 6) is 0.744. The number of nitrogens with zero attached hydrogens (tertiary/aromatic N) is 2. The second kappa shape index (κ2) is 9.28. The minimum Gasteiger partial charge on any atom is -0.378 e. The molecule has 2 heterocycles. The van der Waals surface area contributed by atoms with Crippen molar-refractivity contribution < 1.29 is 22.7 Å². The number of amides is 1. The monoisotopic (exact) mass is 446 g/mol. The topological polar surface area (TPSA) is 42.4 Å². The van der Waals surface area contributed by atoms with Crippen molar-refractivity contribution in [2.75, 3.05) is 32.1 Å². The highest BCUT2D eigenvalue weighted by molar-refractivity contribution is 7.99. The van der Waals surface area contributed by atoms with E-state index in [-0.39, 0.29) is 5.91 Å². The fourth-order valence-electron chi connectivity index (χ4n) is 3.51. The van der Waals surface area contributed by atoms with Gasteiger partial charge in [-0.05, 0) is 42.3 Å². The number of morpholine rings is 1. The van der Waals surface area contributed by atoms with Crippen LogP contribution in [0.15, 0.2) is 59.6 Å². The number of carbonyl (C=O) groups excluding carboxylic acids is 1. The standard InChI is InChI=1S/C23H21F3N2O2S/c24-23(25,26)18-4-5-19-20(15-18)27-8-6-21(19)31-13-7-16-2-1-3-17(14-16)22(29)28-9-11-30-12-10-28/h1-6,8,14-15H,7,9-13H2. The predicted octanol–water partition coefficient (Wildman–Crippen LogP) is 5.06. The highest BCUT2D eigenvalue weighted by Crippen LogP contribution is 2.33. The van der Waals surface area contributed by atoms with Gasteiger partial charge in [0, 0.05) is 40.9 Å². The van der Waals surface area contributed by atoms with E-state index in [2.05, 4.69) is 4.98 Å². The third-order valence-electron chi connectivity index (χ3n) is 5.15. The Bertz CT molecular complexity index is 1080. The Labute approximate surface area is 182 Å². The molecule has 31 heavy (non-hydrogen) atoms. The van der Waals surface area contributed by atoms with Gasteiger partial charge in [0.15, 0.2) is 0 Å². The Hall–Kier alpha value is -2.58. The number of rotatable bonds is 5. The zero-order chi connectivity index (χ0) is 21.8. The number of aromatic nitrogens is 1. The maximum atomic E-state index is 12.9. The van der Waals surface area contributed by atoms with Crippen LogP contribution in [0.4, 0.5) is 13.2 Å². The molecule has 4 nitrogen and oxygen atoms in total. The molecule has 1 aliphatic heterocycles. The summed E-state index contributed by atoms with van der Waals surface area (Å²) in [5, 5.41) is 0.705. The smallest absolute Gasteiger partial charge is 0.378 e. The van der Waals surface area contributed by atoms with E-state index in [0.717, 1.165) is 34.8 Å². The third-order valence-corrected chi connectivity index (χ3v) is 6.23. The van der Waals surface area contributed by atoms with Gasteiger partial charge in [0.2, 0.25) is 0 Å². The lowest BCUT2D eigenvalue weighted by Gasteiger charge is -2.27. The van der Waals surface area contributed by atoms with Crippen LogP contribution in [-0.4, -0.2) is 47.8 Å². The Morgan fingerprint density at radius 3 is 2.68 bits per heavy atom. The van der Waals surface area contributed by atoms with Crippen molar-refractivity contribution in [1.29, 1.82) is 0 Å². The molecule has 1 aliphatic rings. The molecular weight excluding hydrogens is 425 g/mol. The molecule has 0 saturated carbocycles. The molecule has 0 spiro atoms. The number of hydrogen-bond acceptors (Lipinski definition) is 4. The van der Waals surface area contributed by atoms with E-state index in [1.54, 1.807) is 16.7 Å². The molecule has 3 aromatic rings. The fraction of sp³-hybridized carbons (Fsp3) is 0.304. The van der Waals surface area contributed by atoms with Crippen LogP contribution in [0.1, 0.15) is 21.5 Å². The lowest BCUT2D eigenvalue weighted by atomic mass is 10.1. The Morgan fingerprint density at radius 2 is 1.90 bits per heavy atom. The molecule has 4 rings (SSSR count). The van der Waals surface area contributed by atoms with Crippen LogP contribution in [0.5, 0.6) is 0 Å². The second-order valence-corrected chi connectivity index (χ2v) is 8.38. The van der Waals surface area contributed by atoms with Gasteiger partial charge >= 0.3 is 6.18 Å². The Balaban J connectivity index is 1.42. The highest BCUT2D eigenvalue weighted by Gasteiger charge is 2.30. The van der Waals surface area contributed by atoms with Crippen molar-refractivity contribution in [3.05, 3.63) is 71.4 Å². The van der Waals surface area contributed by atoms with Gasteiger partial charge in [-0.25, -0.2) is 0 Å². The number of ether oxygens (including phenoxy) is 1. The van der Waals surface area contributed by atoms with Crippen LogP contribution in [0.2, 0.25) is 0 Å². The second-order valence-electron chi connectivity index (χ2n) is 7.24. The maximum Gasteiger partial charge on any atom is 0.416 e. The Kier molecular flexibility index (Phi) is 6.48. The van der Waals surface area contributed by atoms with Gasteiger partial charge in [0.25, 0.3) is 5.91 Å². The van der Waals surface area contributed by atoms with E-state index in [4.69, 9.17) is 4.74 Å². The summed E-state index contributed by atoms with van der Waals surface area (Å²) in [7, 11) is 0. The largest absolute Gasteiger partial charge is 0.416 e. The van der Waals surface area contributed by atoms with Gasteiger partial charge in [-0.1, -0.05) is 18.2 Å². The molecule has 1 fully saturated rings. The van der Waals surface area contributed by atoms with Crippen LogP contribution in [-0.2, 0) is 17.3 Å². The molecule has 1 amide bonds. The third kappa shape index (κ3) is 5.19. The summed E-state index contributed by atoms with van der Waals surface area (Å²) in [5.41, 5.74) is 1.34. The summed E-state index contributed by atoms with van der Waals surface area (Å²) in [6.45, 7) is 2.33. The molecule has 0 N–H and O–H groups in total. The van der Waals surface area contributed by atoms with Crippen LogP contribution < -0.4 is 0 Å². The lowest BCUT2D eigenvalue weighted by Crippen LogP contribution is -2.40. The normalized spacial score (nSPS) is 14.7. The van der Waals surface area contributed by atoms with Gasteiger partial charge in [0.1, 0.15) is 0 Å². The number of halogens is 3. The summed E-state index contributed by atoms with van der Waals surface area (Å²) < 4.78 is 44.1. The first-order chi connectivity index (χ1) is 14.9. The quantitative estimate of drug-likeness (QED) is 0.514. The molecule has 8 heteroatoms. The van der Waals surface area contributed by atoms with E-state index in [1.807, 2.05) is 30.3 Å². The Morgan fingerprint density at radius 1 is 1.10 bits per heavy atom. The number of hydrogen-bond donors (Lipinski definition) is 0. The predicted molar refractivity (Wildman–Crippen MR) is 114 cm³/mol. The SMILES string of the molecule is O=C(c1cccc(CCSc2ccnc3cc(C(F)(F)F)ccc23)c1)N1CCOCC1. The number of carbonyl (C=O) groups is 1. The van der Waals surface area contributed by atoms with Crippen molar-refractivity contribution in [2.24, 2.45) is 0 Å². The summed E-state index contributed by atoms with van der Waals surface area (Å²) >= 11 is 1.57. The van der Waals surface area contributed by atoms with Crippen LogP contribution in [0.25, 0.3) is 10.9 Å². The molecule has 0 aliphatic carbocycles. The molecule has 0 radical (unpaired) electrons. The molecular formula is C23H21F3N2O2S. The molecule has 1 aromatic heterocycles. The average Bonchev–Trinajstić information content (AvgIpc) is 2.78. The number of thioether (sulfide) groups is 1. The maximum absolute atomic E-state index is 12.9. The van der Waals surface area contributed by atoms with E-state index >= 15 is 0 Å². The van der Waals surface area contributed by atoms with Crippen LogP contribution >= 0.6 is 11.8 Å². The zero-order valence-electron chi connectivity index (χ0n) is 16.7. The van der Waals surface area contributed by atoms with Gasteiger partial charge < -0.3 is 9.64 Å². The van der Waals surface area contributed by atoms with E-state index in [9.17, 15) is 18.0 Å². The molecule has 162 valence electrons. The van der Waals surface area contributed by atoms with E-state index in [0.29, 0.717) is 42.8 Å². The number of fused-ring (bicyclic) bond motifs is 1. The molecule has 1 saturated heterocycles. The van der Waals surface area contributed by atoms with Crippen molar-refractivity contribution in [1.82, 2.24) is 9.88 Å². The van der Waals surface area contributed by atoms with Crippen molar-refractivity contribution in [2.45, 2.75) is 17.5 Å². The average molecular weight is 446 g/mol. The highest BCUT2D eigenvalue weighted by atomic mass is 32.2. The van der Waals surface area contributed by atoms with E-state index in [1.165, 1.54) is 12.3 Å². The number of benzene rings is 2. The lowest BCUT2D eigenvalue weighted by molar-refractivity contribution is -0.137. The number of aryl methyl sites for hydroxylation is 1. The molecule has 0 bridgehead atoms. The summed E-state index contributed by atoms with van der Waals surface area (Å²) in [4.78, 5) is 19.5. The first-order valence-corrected chi connectivity index (χ1v) is 10.9. The first kappa shape index (κ1) is 21.6. The first-order valence-electron chi connectivity index (χ1n) is 9.96. The van der Waals surface area contributed by atoms with E-state index < -0.39 is 11.7 Å². The van der Waals surface area contributed by atoms with Crippen molar-refractivity contribution >= 4 is 28.6 Å². The van der Waals surface area contributed by atoms with Crippen LogP contribution in [0, 0.1) is 0 Å². The fourth-order valence-corrected chi connectivity index (χ4v) is 4.55. The summed E-state index contributed by atoms with van der Waals surface area (Å²) in [6, 6.07) is 13.1. The number of alkyl halides is 3. The molecule has 0 unspecified atom stereocenters. The van der Waals surface area contributed by atoms with Crippen molar-refractivity contribution in [3.63, 3.8) is 0 Å². The molecule has 2 aromatic carbocycles. The number of pyridine rings is 1. The molecule has 0 atom stereocenters. The van der Waals surface area contributed by atoms with Crippen LogP contribution in [0.3, 0.4) is 0 Å².